The van der Waals surface area contributed by atoms with Crippen molar-refractivity contribution in [3.8, 4) is 11.5 Å². The standard InChI is InChI=1S/C28H25NO5/c1-29(2)21-11-5-18(6-12-21)17-24-25(19-7-13-22(32-3)14-8-19)26(28(31)34-24)27(30)20-9-15-23(33-4)16-10-20/h5-17H,1-4H3/b24-17-. The minimum Gasteiger partial charge on any atom is -0.497 e. The van der Waals surface area contributed by atoms with E-state index in [1.54, 1.807) is 68.8 Å². The van der Waals surface area contributed by atoms with Gasteiger partial charge in [0.25, 0.3) is 0 Å². The molecule has 0 aromatic heterocycles. The van der Waals surface area contributed by atoms with Crippen LogP contribution in [0.2, 0.25) is 0 Å². The maximum Gasteiger partial charge on any atom is 0.348 e. The SMILES string of the molecule is COc1ccc(C(=O)C2=C(c3ccc(OC)cc3)/C(=C/c3ccc(N(C)C)cc3)OC2=O)cc1. The first-order valence-electron chi connectivity index (χ1n) is 10.7. The van der Waals surface area contributed by atoms with Gasteiger partial charge in [0.05, 0.1) is 14.2 Å². The predicted molar refractivity (Wildman–Crippen MR) is 132 cm³/mol. The molecule has 4 rings (SSSR count). The van der Waals surface area contributed by atoms with Gasteiger partial charge in [0.15, 0.2) is 0 Å². The third-order valence-electron chi connectivity index (χ3n) is 5.57. The number of allylic oxidation sites excluding steroid dienone is 1. The smallest absolute Gasteiger partial charge is 0.348 e. The molecule has 6 nitrogen and oxygen atoms in total. The van der Waals surface area contributed by atoms with Crippen LogP contribution in [-0.2, 0) is 9.53 Å². The van der Waals surface area contributed by atoms with Crippen LogP contribution in [0.4, 0.5) is 5.69 Å². The van der Waals surface area contributed by atoms with E-state index in [4.69, 9.17) is 14.2 Å². The highest BCUT2D eigenvalue weighted by Crippen LogP contribution is 2.38. The third-order valence-corrected chi connectivity index (χ3v) is 5.57. The average molecular weight is 456 g/mol. The molecule has 1 heterocycles. The molecule has 0 fully saturated rings. The zero-order valence-corrected chi connectivity index (χ0v) is 19.5. The quantitative estimate of drug-likeness (QED) is 0.284. The van der Waals surface area contributed by atoms with E-state index in [2.05, 4.69) is 0 Å². The molecule has 0 aliphatic carbocycles. The van der Waals surface area contributed by atoms with Crippen LogP contribution in [0.5, 0.6) is 11.5 Å². The fourth-order valence-corrected chi connectivity index (χ4v) is 3.69. The van der Waals surface area contributed by atoms with Gasteiger partial charge in [-0.2, -0.15) is 0 Å². The molecular weight excluding hydrogens is 430 g/mol. The second kappa shape index (κ2) is 9.67. The van der Waals surface area contributed by atoms with Gasteiger partial charge in [-0.3, -0.25) is 4.79 Å². The molecule has 0 unspecified atom stereocenters. The number of nitrogens with zero attached hydrogens (tertiary/aromatic N) is 1. The van der Waals surface area contributed by atoms with Crippen molar-refractivity contribution in [2.45, 2.75) is 0 Å². The predicted octanol–water partition coefficient (Wildman–Crippen LogP) is 5.00. The molecule has 3 aromatic rings. The van der Waals surface area contributed by atoms with E-state index in [0.29, 0.717) is 34.0 Å². The summed E-state index contributed by atoms with van der Waals surface area (Å²) in [5.74, 6) is 0.524. The topological polar surface area (TPSA) is 65.1 Å². The second-order valence-electron chi connectivity index (χ2n) is 7.92. The number of ketones is 1. The van der Waals surface area contributed by atoms with Crippen LogP contribution in [0.3, 0.4) is 0 Å². The lowest BCUT2D eigenvalue weighted by molar-refractivity contribution is -0.132. The van der Waals surface area contributed by atoms with Gasteiger partial charge in [-0.1, -0.05) is 24.3 Å². The molecule has 172 valence electrons. The second-order valence-corrected chi connectivity index (χ2v) is 7.92. The maximum atomic E-state index is 13.4. The number of rotatable bonds is 7. The van der Waals surface area contributed by atoms with E-state index < -0.39 is 11.8 Å². The van der Waals surface area contributed by atoms with Gasteiger partial charge in [-0.15, -0.1) is 0 Å². The minimum atomic E-state index is -0.678. The van der Waals surface area contributed by atoms with Crippen molar-refractivity contribution in [2.75, 3.05) is 33.2 Å². The first kappa shape index (κ1) is 22.9. The number of cyclic esters (lactones) is 1. The van der Waals surface area contributed by atoms with E-state index >= 15 is 0 Å². The zero-order chi connectivity index (χ0) is 24.2. The lowest BCUT2D eigenvalue weighted by atomic mass is 9.93. The summed E-state index contributed by atoms with van der Waals surface area (Å²) in [6, 6.07) is 21.6. The molecule has 6 heteroatoms. The van der Waals surface area contributed by atoms with Crippen LogP contribution in [0, 0.1) is 0 Å². The van der Waals surface area contributed by atoms with Crippen LogP contribution in [0.25, 0.3) is 11.6 Å². The van der Waals surface area contributed by atoms with Gasteiger partial charge in [0.2, 0.25) is 5.78 Å². The summed E-state index contributed by atoms with van der Waals surface area (Å²) in [5, 5.41) is 0. The summed E-state index contributed by atoms with van der Waals surface area (Å²) in [6.07, 6.45) is 1.77. The van der Waals surface area contributed by atoms with Crippen LogP contribution in [-0.4, -0.2) is 40.1 Å². The summed E-state index contributed by atoms with van der Waals surface area (Å²) in [5.41, 5.74) is 3.39. The van der Waals surface area contributed by atoms with Crippen molar-refractivity contribution in [1.29, 1.82) is 0 Å². The average Bonchev–Trinajstić information content (AvgIpc) is 3.19. The monoisotopic (exact) mass is 455 g/mol. The van der Waals surface area contributed by atoms with E-state index in [1.807, 2.05) is 43.3 Å². The van der Waals surface area contributed by atoms with Crippen molar-refractivity contribution in [3.63, 3.8) is 0 Å². The first-order valence-corrected chi connectivity index (χ1v) is 10.7. The molecule has 0 bridgehead atoms. The third kappa shape index (κ3) is 4.57. The number of esters is 1. The first-order chi connectivity index (χ1) is 16.4. The highest BCUT2D eigenvalue weighted by atomic mass is 16.5. The van der Waals surface area contributed by atoms with E-state index in [0.717, 1.165) is 11.3 Å². The number of carbonyl (C=O) groups is 2. The van der Waals surface area contributed by atoms with Crippen LogP contribution in [0.1, 0.15) is 21.5 Å². The minimum absolute atomic E-state index is 0.00787. The molecule has 0 N–H and O–H groups in total. The zero-order valence-electron chi connectivity index (χ0n) is 19.5. The molecule has 1 aliphatic heterocycles. The highest BCUT2D eigenvalue weighted by molar-refractivity contribution is 6.32. The molecule has 0 saturated heterocycles. The van der Waals surface area contributed by atoms with Crippen LogP contribution < -0.4 is 14.4 Å². The Morgan fingerprint density at radius 3 is 1.91 bits per heavy atom. The van der Waals surface area contributed by atoms with Crippen molar-refractivity contribution < 1.29 is 23.8 Å². The molecule has 0 saturated carbocycles. The normalized spacial score (nSPS) is 14.2. The number of ether oxygens (including phenoxy) is 3. The summed E-state index contributed by atoms with van der Waals surface area (Å²) in [7, 11) is 7.07. The number of hydrogen-bond donors (Lipinski definition) is 0. The van der Waals surface area contributed by atoms with E-state index in [-0.39, 0.29) is 5.57 Å². The lowest BCUT2D eigenvalue weighted by Gasteiger charge is -2.12. The molecule has 0 amide bonds. The fourth-order valence-electron chi connectivity index (χ4n) is 3.69. The number of Topliss-reactive ketones (excluding diaryl/α,β-unsaturated/α-hetero) is 1. The van der Waals surface area contributed by atoms with Crippen molar-refractivity contribution in [2.24, 2.45) is 0 Å². The number of carbonyl (C=O) groups excluding carboxylic acids is 2. The summed E-state index contributed by atoms with van der Waals surface area (Å²) >= 11 is 0. The molecule has 0 spiro atoms. The maximum absolute atomic E-state index is 13.4. The molecule has 3 aromatic carbocycles. The van der Waals surface area contributed by atoms with Gasteiger partial charge >= 0.3 is 5.97 Å². The molecule has 0 atom stereocenters. The Hall–Kier alpha value is -4.32. The highest BCUT2D eigenvalue weighted by Gasteiger charge is 2.36. The number of hydrogen-bond acceptors (Lipinski definition) is 6. The van der Waals surface area contributed by atoms with E-state index in [1.165, 1.54) is 0 Å². The summed E-state index contributed by atoms with van der Waals surface area (Å²) in [4.78, 5) is 28.4. The van der Waals surface area contributed by atoms with Crippen molar-refractivity contribution >= 4 is 29.1 Å². The Bertz CT molecular complexity index is 1270. The van der Waals surface area contributed by atoms with Gasteiger partial charge in [-0.25, -0.2) is 4.79 Å². The lowest BCUT2D eigenvalue weighted by Crippen LogP contribution is -2.11. The molecule has 0 radical (unpaired) electrons. The van der Waals surface area contributed by atoms with Gasteiger partial charge in [-0.05, 0) is 65.7 Å². The number of benzene rings is 3. The Morgan fingerprint density at radius 2 is 1.38 bits per heavy atom. The Balaban J connectivity index is 1.83. The van der Waals surface area contributed by atoms with Gasteiger partial charge in [0.1, 0.15) is 22.8 Å². The summed E-state index contributed by atoms with van der Waals surface area (Å²) < 4.78 is 16.1. The van der Waals surface area contributed by atoms with E-state index in [9.17, 15) is 9.59 Å². The number of methoxy groups -OCH3 is 2. The fraction of sp³-hybridized carbons (Fsp3) is 0.143. The molecular formula is C28H25NO5. The van der Waals surface area contributed by atoms with Crippen LogP contribution >= 0.6 is 0 Å². The van der Waals surface area contributed by atoms with Crippen LogP contribution in [0.15, 0.2) is 84.1 Å². The summed E-state index contributed by atoms with van der Waals surface area (Å²) in [6.45, 7) is 0. The van der Waals surface area contributed by atoms with Gasteiger partial charge in [0, 0.05) is 30.9 Å². The Labute approximate surface area is 198 Å². The van der Waals surface area contributed by atoms with Gasteiger partial charge < -0.3 is 19.1 Å². The van der Waals surface area contributed by atoms with Crippen molar-refractivity contribution in [1.82, 2.24) is 0 Å². The van der Waals surface area contributed by atoms with Crippen molar-refractivity contribution in [3.05, 3.63) is 101 Å². The Kier molecular flexibility index (Phi) is 6.50. The molecule has 1 aliphatic rings. The Morgan fingerprint density at radius 1 is 0.824 bits per heavy atom. The largest absolute Gasteiger partial charge is 0.497 e. The number of anilines is 1. The molecule has 34 heavy (non-hydrogen) atoms.